The van der Waals surface area contributed by atoms with E-state index in [4.69, 9.17) is 5.11 Å². The van der Waals surface area contributed by atoms with Gasteiger partial charge >= 0.3 is 5.97 Å². The average Bonchev–Trinajstić information content (AvgIpc) is 2.65. The number of carboxylic acids is 1. The fourth-order valence-corrected chi connectivity index (χ4v) is 2.16. The Morgan fingerprint density at radius 2 is 2.21 bits per heavy atom. The number of carbonyl (C=O) groups is 1. The summed E-state index contributed by atoms with van der Waals surface area (Å²) in [4.78, 5) is 19.6. The molecule has 0 fully saturated rings. The van der Waals surface area contributed by atoms with Gasteiger partial charge in [-0.2, -0.15) is 0 Å². The van der Waals surface area contributed by atoms with E-state index < -0.39 is 5.97 Å². The molecule has 5 nitrogen and oxygen atoms in total. The van der Waals surface area contributed by atoms with Crippen molar-refractivity contribution in [3.8, 4) is 0 Å². The van der Waals surface area contributed by atoms with Crippen LogP contribution < -0.4 is 0 Å². The molecule has 0 bridgehead atoms. The van der Waals surface area contributed by atoms with Gasteiger partial charge in [-0.1, -0.05) is 6.92 Å². The number of fused-ring (bicyclic) bond motifs is 1. The van der Waals surface area contributed by atoms with Crippen molar-refractivity contribution in [2.75, 3.05) is 0 Å². The first-order valence-electron chi connectivity index (χ1n) is 6.26. The Bertz CT molecular complexity index is 656. The van der Waals surface area contributed by atoms with Gasteiger partial charge in [0.15, 0.2) is 0 Å². The maximum atomic E-state index is 10.6. The lowest BCUT2D eigenvalue weighted by Gasteiger charge is -2.03. The number of aliphatic carboxylic acids is 1. The zero-order chi connectivity index (χ0) is 14.0. The Hall–Kier alpha value is -2.17. The van der Waals surface area contributed by atoms with Crippen LogP contribution in [-0.4, -0.2) is 25.6 Å². The Morgan fingerprint density at radius 1 is 1.47 bits per heavy atom. The van der Waals surface area contributed by atoms with Gasteiger partial charge in [0.2, 0.25) is 0 Å². The summed E-state index contributed by atoms with van der Waals surface area (Å²) in [5.74, 6) is -0.124. The van der Waals surface area contributed by atoms with Crippen molar-refractivity contribution >= 4 is 23.1 Å². The van der Waals surface area contributed by atoms with Gasteiger partial charge in [-0.3, -0.25) is 0 Å². The fourth-order valence-electron chi connectivity index (χ4n) is 2.16. The maximum Gasteiger partial charge on any atom is 0.328 e. The van der Waals surface area contributed by atoms with Gasteiger partial charge in [-0.15, -0.1) is 0 Å². The Labute approximate surface area is 111 Å². The molecule has 0 aliphatic rings. The van der Waals surface area contributed by atoms with Crippen molar-refractivity contribution in [2.24, 2.45) is 7.05 Å². The van der Waals surface area contributed by atoms with Gasteiger partial charge in [-0.25, -0.2) is 14.8 Å². The topological polar surface area (TPSA) is 68.0 Å². The summed E-state index contributed by atoms with van der Waals surface area (Å²) in [6.45, 7) is 4.02. The molecular formula is C14H17N3O2. The Morgan fingerprint density at radius 3 is 2.84 bits per heavy atom. The molecule has 0 aliphatic heterocycles. The molecule has 0 aromatic carbocycles. The summed E-state index contributed by atoms with van der Waals surface area (Å²) in [5.41, 5.74) is 2.57. The lowest BCUT2D eigenvalue weighted by atomic mass is 10.1. The molecule has 0 aliphatic carbocycles. The molecule has 1 N–H and O–H groups in total. The highest BCUT2D eigenvalue weighted by molar-refractivity contribution is 5.93. The molecule has 0 radical (unpaired) electrons. The molecular weight excluding hydrogens is 242 g/mol. The van der Waals surface area contributed by atoms with Crippen molar-refractivity contribution in [3.63, 3.8) is 0 Å². The molecule has 0 saturated heterocycles. The van der Waals surface area contributed by atoms with Gasteiger partial charge in [0.1, 0.15) is 11.5 Å². The molecule has 100 valence electrons. The van der Waals surface area contributed by atoms with Crippen LogP contribution in [0.25, 0.3) is 17.1 Å². The smallest absolute Gasteiger partial charge is 0.328 e. The van der Waals surface area contributed by atoms with Crippen LogP contribution in [0.3, 0.4) is 0 Å². The molecule has 2 rings (SSSR count). The van der Waals surface area contributed by atoms with E-state index in [0.29, 0.717) is 0 Å². The van der Waals surface area contributed by atoms with Crippen LogP contribution >= 0.6 is 0 Å². The van der Waals surface area contributed by atoms with Crippen molar-refractivity contribution in [3.05, 3.63) is 29.4 Å². The fraction of sp³-hybridized carbons (Fsp3) is 0.357. The number of hydrogen-bond acceptors (Lipinski definition) is 3. The van der Waals surface area contributed by atoms with E-state index in [1.807, 2.05) is 24.7 Å². The number of hydrogen-bond donors (Lipinski definition) is 1. The number of aryl methyl sites for hydroxylation is 3. The number of carboxylic acid groups (broad SMARTS) is 1. The SMILES string of the molecule is CCCc1nc(C)c2c(/C=C/C(=O)O)cn(C)c2n1. The molecule has 0 unspecified atom stereocenters. The number of rotatable bonds is 4. The first-order chi connectivity index (χ1) is 9.02. The molecule has 0 amide bonds. The molecule has 19 heavy (non-hydrogen) atoms. The first kappa shape index (κ1) is 13.3. The lowest BCUT2D eigenvalue weighted by Crippen LogP contribution is -1.99. The molecule has 2 heterocycles. The second kappa shape index (κ2) is 5.22. The van der Waals surface area contributed by atoms with Gasteiger partial charge < -0.3 is 9.67 Å². The summed E-state index contributed by atoms with van der Waals surface area (Å²) >= 11 is 0. The minimum Gasteiger partial charge on any atom is -0.478 e. The predicted octanol–water partition coefficient (Wildman–Crippen LogP) is 2.33. The normalized spacial score (nSPS) is 11.5. The third kappa shape index (κ3) is 2.65. The summed E-state index contributed by atoms with van der Waals surface area (Å²) < 4.78 is 1.91. The summed E-state index contributed by atoms with van der Waals surface area (Å²) in [5, 5.41) is 9.63. The van der Waals surface area contributed by atoms with E-state index in [0.717, 1.165) is 47.0 Å². The second-order valence-corrected chi connectivity index (χ2v) is 4.54. The van der Waals surface area contributed by atoms with Crippen LogP contribution in [0.15, 0.2) is 12.3 Å². The first-order valence-corrected chi connectivity index (χ1v) is 6.26. The minimum absolute atomic E-state index is 0.834. The van der Waals surface area contributed by atoms with E-state index in [-0.39, 0.29) is 0 Å². The standard InChI is InChI=1S/C14H17N3O2/c1-4-5-11-15-9(2)13-10(6-7-12(18)19)8-17(3)14(13)16-11/h6-8H,4-5H2,1-3H3,(H,18,19)/b7-6+. The zero-order valence-corrected chi connectivity index (χ0v) is 11.3. The van der Waals surface area contributed by atoms with Crippen molar-refractivity contribution in [1.29, 1.82) is 0 Å². The molecule has 0 atom stereocenters. The van der Waals surface area contributed by atoms with E-state index in [1.54, 1.807) is 6.08 Å². The van der Waals surface area contributed by atoms with E-state index in [1.165, 1.54) is 0 Å². The predicted molar refractivity (Wildman–Crippen MR) is 73.9 cm³/mol. The van der Waals surface area contributed by atoms with Crippen LogP contribution in [0.5, 0.6) is 0 Å². The third-order valence-corrected chi connectivity index (χ3v) is 2.95. The second-order valence-electron chi connectivity index (χ2n) is 4.54. The van der Waals surface area contributed by atoms with Gasteiger partial charge in [-0.05, 0) is 19.4 Å². The molecule has 2 aromatic heterocycles. The minimum atomic E-state index is -0.960. The largest absolute Gasteiger partial charge is 0.478 e. The average molecular weight is 259 g/mol. The molecule has 0 spiro atoms. The Kier molecular flexibility index (Phi) is 3.64. The van der Waals surface area contributed by atoms with E-state index in [9.17, 15) is 4.79 Å². The van der Waals surface area contributed by atoms with E-state index in [2.05, 4.69) is 16.9 Å². The number of nitrogens with zero attached hydrogens (tertiary/aromatic N) is 3. The van der Waals surface area contributed by atoms with Gasteiger partial charge in [0.25, 0.3) is 0 Å². The zero-order valence-electron chi connectivity index (χ0n) is 11.3. The summed E-state index contributed by atoms with van der Waals surface area (Å²) in [6.07, 6.45) is 6.44. The van der Waals surface area contributed by atoms with Crippen LogP contribution in [0.4, 0.5) is 0 Å². The number of aromatic nitrogens is 3. The Balaban J connectivity index is 2.60. The highest BCUT2D eigenvalue weighted by Crippen LogP contribution is 2.23. The third-order valence-electron chi connectivity index (χ3n) is 2.95. The van der Waals surface area contributed by atoms with Crippen molar-refractivity contribution in [1.82, 2.24) is 14.5 Å². The van der Waals surface area contributed by atoms with Crippen LogP contribution in [0.1, 0.15) is 30.4 Å². The van der Waals surface area contributed by atoms with E-state index >= 15 is 0 Å². The van der Waals surface area contributed by atoms with Gasteiger partial charge in [0, 0.05) is 36.7 Å². The van der Waals surface area contributed by atoms with Crippen molar-refractivity contribution in [2.45, 2.75) is 26.7 Å². The molecule has 0 saturated carbocycles. The molecule has 2 aromatic rings. The molecule has 5 heteroatoms. The highest BCUT2D eigenvalue weighted by atomic mass is 16.4. The van der Waals surface area contributed by atoms with Gasteiger partial charge in [0.05, 0.1) is 5.69 Å². The highest BCUT2D eigenvalue weighted by Gasteiger charge is 2.11. The quantitative estimate of drug-likeness (QED) is 0.856. The maximum absolute atomic E-state index is 10.6. The van der Waals surface area contributed by atoms with Crippen LogP contribution in [-0.2, 0) is 18.3 Å². The van der Waals surface area contributed by atoms with Crippen molar-refractivity contribution < 1.29 is 9.90 Å². The lowest BCUT2D eigenvalue weighted by molar-refractivity contribution is -0.131. The van der Waals surface area contributed by atoms with Crippen LogP contribution in [0, 0.1) is 6.92 Å². The summed E-state index contributed by atoms with van der Waals surface area (Å²) in [6, 6.07) is 0. The monoisotopic (exact) mass is 259 g/mol. The summed E-state index contributed by atoms with van der Waals surface area (Å²) in [7, 11) is 1.91. The van der Waals surface area contributed by atoms with Crippen LogP contribution in [0.2, 0.25) is 0 Å².